The summed E-state index contributed by atoms with van der Waals surface area (Å²) in [6.07, 6.45) is 2.16. The van der Waals surface area contributed by atoms with E-state index in [2.05, 4.69) is 61.1 Å². The van der Waals surface area contributed by atoms with Crippen LogP contribution in [0.3, 0.4) is 0 Å². The van der Waals surface area contributed by atoms with Gasteiger partial charge in [0.25, 0.3) is 0 Å². The highest BCUT2D eigenvalue weighted by atomic mass is 32.1. The van der Waals surface area contributed by atoms with Crippen LogP contribution in [-0.2, 0) is 12.8 Å². The Morgan fingerprint density at radius 1 is 1.05 bits per heavy atom. The van der Waals surface area contributed by atoms with Crippen molar-refractivity contribution in [1.29, 1.82) is 0 Å². The molecule has 3 heteroatoms. The maximum atomic E-state index is 3.46. The van der Waals surface area contributed by atoms with E-state index in [-0.39, 0.29) is 0 Å². The lowest BCUT2D eigenvalue weighted by atomic mass is 10.0. The first-order chi connectivity index (χ1) is 9.80. The molecule has 1 aromatic carbocycles. The van der Waals surface area contributed by atoms with E-state index in [1.165, 1.54) is 25.4 Å². The smallest absolute Gasteiger partial charge is 0.0454 e. The van der Waals surface area contributed by atoms with E-state index in [9.17, 15) is 0 Å². The molecular weight excluding hydrogens is 282 g/mol. The average Bonchev–Trinajstić information content (AvgIpc) is 3.06. The third-order valence-corrected chi connectivity index (χ3v) is 5.93. The molecule has 0 amide bonds. The van der Waals surface area contributed by atoms with Crippen molar-refractivity contribution >= 4 is 32.1 Å². The largest absolute Gasteiger partial charge is 0.312 e. The molecule has 1 unspecified atom stereocenters. The van der Waals surface area contributed by atoms with E-state index < -0.39 is 0 Å². The highest BCUT2D eigenvalue weighted by molar-refractivity contribution is 7.26. The van der Waals surface area contributed by atoms with Crippen molar-refractivity contribution < 1.29 is 0 Å². The van der Waals surface area contributed by atoms with E-state index in [1.807, 2.05) is 22.7 Å². The van der Waals surface area contributed by atoms with E-state index in [0.717, 1.165) is 12.8 Å². The summed E-state index contributed by atoms with van der Waals surface area (Å²) in [5, 5.41) is 5.63. The normalized spacial score (nSPS) is 12.9. The molecule has 0 saturated carbocycles. The second-order valence-corrected chi connectivity index (χ2v) is 7.08. The van der Waals surface area contributed by atoms with Crippen LogP contribution >= 0.6 is 22.7 Å². The Morgan fingerprint density at radius 2 is 1.80 bits per heavy atom. The van der Waals surface area contributed by atoms with Gasteiger partial charge in [-0.2, -0.15) is 0 Å². The summed E-state index contributed by atoms with van der Waals surface area (Å²) >= 11 is 3.74. The van der Waals surface area contributed by atoms with Crippen molar-refractivity contribution in [2.24, 2.45) is 0 Å². The van der Waals surface area contributed by atoms with E-state index in [4.69, 9.17) is 0 Å². The molecule has 3 rings (SSSR count). The van der Waals surface area contributed by atoms with Crippen LogP contribution in [0.4, 0.5) is 0 Å². The van der Waals surface area contributed by atoms with Crippen LogP contribution < -0.4 is 5.32 Å². The lowest BCUT2D eigenvalue weighted by Gasteiger charge is -2.14. The van der Waals surface area contributed by atoms with Crippen molar-refractivity contribution in [2.75, 3.05) is 7.05 Å². The number of benzene rings is 1. The Balaban J connectivity index is 1.80. The molecule has 2 heterocycles. The van der Waals surface area contributed by atoms with Crippen LogP contribution in [0.1, 0.15) is 29.0 Å². The molecule has 0 aliphatic carbocycles. The van der Waals surface area contributed by atoms with Crippen LogP contribution in [0.15, 0.2) is 41.8 Å². The van der Waals surface area contributed by atoms with Crippen LogP contribution in [0.25, 0.3) is 9.40 Å². The number of aryl methyl sites for hydroxylation is 1. The molecule has 1 nitrogen and oxygen atoms in total. The quantitative estimate of drug-likeness (QED) is 0.697. The maximum absolute atomic E-state index is 3.46. The Bertz CT molecular complexity index is 650. The van der Waals surface area contributed by atoms with Gasteiger partial charge in [0.05, 0.1) is 0 Å². The van der Waals surface area contributed by atoms with Crippen LogP contribution in [0, 0.1) is 0 Å². The molecular formula is C17H19NS2. The molecule has 0 saturated heterocycles. The van der Waals surface area contributed by atoms with Gasteiger partial charge >= 0.3 is 0 Å². The first kappa shape index (κ1) is 13.8. The standard InChI is InChI=1S/C17H19NS2/c1-3-12-4-6-13(7-5-12)10-14(18-2)16-11-17-15(20-16)8-9-19-17/h4-9,11,14,18H,3,10H2,1-2H3. The summed E-state index contributed by atoms with van der Waals surface area (Å²) in [6, 6.07) is 14.0. The van der Waals surface area contributed by atoms with Crippen molar-refractivity contribution in [1.82, 2.24) is 5.32 Å². The number of likely N-dealkylation sites (N-methyl/N-ethyl adjacent to an activating group) is 1. The number of hydrogen-bond acceptors (Lipinski definition) is 3. The number of hydrogen-bond donors (Lipinski definition) is 1. The molecule has 0 spiro atoms. The molecule has 3 aromatic rings. The zero-order valence-electron chi connectivity index (χ0n) is 11.8. The van der Waals surface area contributed by atoms with Gasteiger partial charge in [-0.3, -0.25) is 0 Å². The third kappa shape index (κ3) is 2.80. The highest BCUT2D eigenvalue weighted by Gasteiger charge is 2.14. The second-order valence-electron chi connectivity index (χ2n) is 5.01. The molecule has 0 aliphatic heterocycles. The fourth-order valence-corrected chi connectivity index (χ4v) is 4.68. The Morgan fingerprint density at radius 3 is 2.45 bits per heavy atom. The summed E-state index contributed by atoms with van der Waals surface area (Å²) in [7, 11) is 2.05. The predicted octanol–water partition coefficient (Wildman–Crippen LogP) is 5.03. The van der Waals surface area contributed by atoms with Gasteiger partial charge in [0.1, 0.15) is 0 Å². The minimum Gasteiger partial charge on any atom is -0.312 e. The van der Waals surface area contributed by atoms with E-state index in [1.54, 1.807) is 0 Å². The van der Waals surface area contributed by atoms with Gasteiger partial charge in [0.15, 0.2) is 0 Å². The van der Waals surface area contributed by atoms with Gasteiger partial charge in [-0.05, 0) is 48.5 Å². The summed E-state index contributed by atoms with van der Waals surface area (Å²) in [5.74, 6) is 0. The first-order valence-corrected chi connectivity index (χ1v) is 8.71. The monoisotopic (exact) mass is 301 g/mol. The number of thiophene rings is 2. The third-order valence-electron chi connectivity index (χ3n) is 3.72. The Kier molecular flexibility index (Phi) is 4.20. The number of nitrogens with one attached hydrogen (secondary N) is 1. The van der Waals surface area contributed by atoms with Crippen LogP contribution in [0.2, 0.25) is 0 Å². The summed E-state index contributed by atoms with van der Waals surface area (Å²) in [6.45, 7) is 2.20. The topological polar surface area (TPSA) is 12.0 Å². The van der Waals surface area contributed by atoms with Gasteiger partial charge in [0.2, 0.25) is 0 Å². The van der Waals surface area contributed by atoms with E-state index >= 15 is 0 Å². The molecule has 0 aliphatic rings. The zero-order valence-corrected chi connectivity index (χ0v) is 13.5. The van der Waals surface area contributed by atoms with Gasteiger partial charge in [-0.15, -0.1) is 22.7 Å². The second kappa shape index (κ2) is 6.08. The zero-order chi connectivity index (χ0) is 13.9. The fraction of sp³-hybridized carbons (Fsp3) is 0.294. The predicted molar refractivity (Wildman–Crippen MR) is 91.0 cm³/mol. The van der Waals surface area contributed by atoms with Gasteiger partial charge < -0.3 is 5.32 Å². The van der Waals surface area contributed by atoms with Gasteiger partial charge in [-0.1, -0.05) is 31.2 Å². The molecule has 104 valence electrons. The molecule has 20 heavy (non-hydrogen) atoms. The molecule has 1 N–H and O–H groups in total. The molecule has 0 radical (unpaired) electrons. The Hall–Kier alpha value is -1.16. The summed E-state index contributed by atoms with van der Waals surface area (Å²) in [4.78, 5) is 1.44. The lowest BCUT2D eigenvalue weighted by molar-refractivity contribution is 0.602. The maximum Gasteiger partial charge on any atom is 0.0454 e. The SMILES string of the molecule is CCc1ccc(CC(NC)c2cc3sccc3s2)cc1. The minimum atomic E-state index is 0.409. The number of rotatable bonds is 5. The highest BCUT2D eigenvalue weighted by Crippen LogP contribution is 2.34. The molecule has 0 bridgehead atoms. The molecule has 0 fully saturated rings. The minimum absolute atomic E-state index is 0.409. The number of fused-ring (bicyclic) bond motifs is 1. The van der Waals surface area contributed by atoms with E-state index in [0.29, 0.717) is 6.04 Å². The van der Waals surface area contributed by atoms with Crippen LogP contribution in [-0.4, -0.2) is 7.05 Å². The molecule has 1 atom stereocenters. The first-order valence-electron chi connectivity index (χ1n) is 7.02. The molecule has 2 aromatic heterocycles. The summed E-state index contributed by atoms with van der Waals surface area (Å²) in [5.41, 5.74) is 2.81. The Labute approximate surface area is 128 Å². The van der Waals surface area contributed by atoms with Crippen LogP contribution in [0.5, 0.6) is 0 Å². The van der Waals surface area contributed by atoms with Crippen molar-refractivity contribution in [2.45, 2.75) is 25.8 Å². The average molecular weight is 301 g/mol. The summed E-state index contributed by atoms with van der Waals surface area (Å²) < 4.78 is 2.82. The van der Waals surface area contributed by atoms with Crippen molar-refractivity contribution in [3.63, 3.8) is 0 Å². The van der Waals surface area contributed by atoms with Gasteiger partial charge in [-0.25, -0.2) is 0 Å². The lowest BCUT2D eigenvalue weighted by Crippen LogP contribution is -2.17. The van der Waals surface area contributed by atoms with Gasteiger partial charge in [0, 0.05) is 20.3 Å². The van der Waals surface area contributed by atoms with Crippen molar-refractivity contribution in [3.8, 4) is 0 Å². The van der Waals surface area contributed by atoms with Crippen molar-refractivity contribution in [3.05, 3.63) is 57.8 Å². The fourth-order valence-electron chi connectivity index (χ4n) is 2.45.